The zero-order valence-corrected chi connectivity index (χ0v) is 10.8. The normalized spacial score (nSPS) is 28.0. The Balaban J connectivity index is 2.64. The van der Waals surface area contributed by atoms with Crippen LogP contribution in [0.15, 0.2) is 36.1 Å². The van der Waals surface area contributed by atoms with Crippen LogP contribution >= 0.6 is 0 Å². The predicted molar refractivity (Wildman–Crippen MR) is 72.3 cm³/mol. The van der Waals surface area contributed by atoms with Crippen molar-refractivity contribution in [3.8, 4) is 0 Å². The minimum absolute atomic E-state index is 0.670. The fourth-order valence-electron chi connectivity index (χ4n) is 2.34. The molecule has 0 aromatic rings. The van der Waals surface area contributed by atoms with E-state index in [0.717, 1.165) is 6.54 Å². The van der Waals surface area contributed by atoms with Gasteiger partial charge in [-0.2, -0.15) is 0 Å². The van der Waals surface area contributed by atoms with E-state index in [9.17, 15) is 0 Å². The zero-order chi connectivity index (χ0) is 11.8. The van der Waals surface area contributed by atoms with E-state index in [1.807, 2.05) is 0 Å². The van der Waals surface area contributed by atoms with Crippen LogP contribution in [0.5, 0.6) is 0 Å². The van der Waals surface area contributed by atoms with Crippen molar-refractivity contribution in [1.29, 1.82) is 0 Å². The third kappa shape index (κ3) is 4.69. The van der Waals surface area contributed by atoms with Crippen molar-refractivity contribution < 1.29 is 0 Å². The second-order valence-electron chi connectivity index (χ2n) is 4.75. The molecule has 1 rings (SSSR count). The monoisotopic (exact) mass is 219 g/mol. The van der Waals surface area contributed by atoms with Crippen LogP contribution in [-0.4, -0.2) is 6.54 Å². The van der Waals surface area contributed by atoms with Gasteiger partial charge < -0.3 is 5.32 Å². The largest absolute Gasteiger partial charge is 0.391 e. The summed E-state index contributed by atoms with van der Waals surface area (Å²) in [5, 5.41) is 3.24. The maximum Gasteiger partial charge on any atom is 0.0204 e. The first-order valence-electron chi connectivity index (χ1n) is 6.45. The minimum atomic E-state index is 0.670. The molecule has 0 aromatic carbocycles. The van der Waals surface area contributed by atoms with Crippen LogP contribution in [0.25, 0.3) is 0 Å². The molecule has 1 aliphatic rings. The van der Waals surface area contributed by atoms with Gasteiger partial charge in [0, 0.05) is 6.54 Å². The van der Waals surface area contributed by atoms with Crippen LogP contribution < -0.4 is 5.32 Å². The number of nitrogens with one attached hydrogen (secondary N) is 1. The van der Waals surface area contributed by atoms with Crippen LogP contribution in [0, 0.1) is 5.92 Å². The topological polar surface area (TPSA) is 12.0 Å². The molecule has 0 aromatic heterocycles. The summed E-state index contributed by atoms with van der Waals surface area (Å²) in [5.74, 6) is 0.670. The highest BCUT2D eigenvalue weighted by Crippen LogP contribution is 2.23. The zero-order valence-electron chi connectivity index (χ0n) is 10.8. The van der Waals surface area contributed by atoms with E-state index in [2.05, 4.69) is 37.9 Å². The summed E-state index contributed by atoms with van der Waals surface area (Å²) in [6, 6.07) is 0. The Bertz CT molecular complexity index is 273. The smallest absolute Gasteiger partial charge is 0.0204 e. The van der Waals surface area contributed by atoms with Crippen molar-refractivity contribution in [2.75, 3.05) is 6.54 Å². The SMILES string of the molecule is C=CNCC1/C=C(/CCC)C/C(C)=C\CC1. The molecule has 0 heterocycles. The van der Waals surface area contributed by atoms with E-state index >= 15 is 0 Å². The molecule has 16 heavy (non-hydrogen) atoms. The molecule has 1 aliphatic carbocycles. The number of rotatable bonds is 5. The highest BCUT2D eigenvalue weighted by atomic mass is 14.8. The van der Waals surface area contributed by atoms with Gasteiger partial charge in [0.15, 0.2) is 0 Å². The lowest BCUT2D eigenvalue weighted by atomic mass is 9.91. The van der Waals surface area contributed by atoms with Crippen LogP contribution in [-0.2, 0) is 0 Å². The molecule has 1 heteroatoms. The quantitative estimate of drug-likeness (QED) is 0.684. The summed E-state index contributed by atoms with van der Waals surface area (Å²) < 4.78 is 0. The predicted octanol–water partition coefficient (Wildman–Crippen LogP) is 4.19. The highest BCUT2D eigenvalue weighted by Gasteiger charge is 2.09. The van der Waals surface area contributed by atoms with Crippen LogP contribution in [0.2, 0.25) is 0 Å². The van der Waals surface area contributed by atoms with Gasteiger partial charge in [-0.15, -0.1) is 0 Å². The van der Waals surface area contributed by atoms with E-state index in [-0.39, 0.29) is 0 Å². The molecule has 1 atom stereocenters. The lowest BCUT2D eigenvalue weighted by molar-refractivity contribution is 0.560. The molecule has 1 unspecified atom stereocenters. The van der Waals surface area contributed by atoms with E-state index < -0.39 is 0 Å². The van der Waals surface area contributed by atoms with E-state index in [4.69, 9.17) is 0 Å². The number of allylic oxidation sites excluding steroid dienone is 3. The van der Waals surface area contributed by atoms with Crippen molar-refractivity contribution in [3.63, 3.8) is 0 Å². The lowest BCUT2D eigenvalue weighted by Crippen LogP contribution is -2.17. The Labute approximate surface area is 100 Å². The molecular formula is C15H25N. The number of hydrogen-bond donors (Lipinski definition) is 1. The second kappa shape index (κ2) is 7.32. The highest BCUT2D eigenvalue weighted by molar-refractivity contribution is 5.17. The van der Waals surface area contributed by atoms with Crippen molar-refractivity contribution in [2.45, 2.75) is 46.0 Å². The summed E-state index contributed by atoms with van der Waals surface area (Å²) in [4.78, 5) is 0. The Kier molecular flexibility index (Phi) is 5.99. The third-order valence-corrected chi connectivity index (χ3v) is 3.10. The van der Waals surface area contributed by atoms with Gasteiger partial charge in [0.2, 0.25) is 0 Å². The fourth-order valence-corrected chi connectivity index (χ4v) is 2.34. The van der Waals surface area contributed by atoms with Crippen LogP contribution in [0.4, 0.5) is 0 Å². The summed E-state index contributed by atoms with van der Waals surface area (Å²) in [5.41, 5.74) is 3.15. The van der Waals surface area contributed by atoms with E-state index in [0.29, 0.717) is 5.92 Å². The van der Waals surface area contributed by atoms with Gasteiger partial charge in [0.25, 0.3) is 0 Å². The summed E-state index contributed by atoms with van der Waals surface area (Å²) in [7, 11) is 0. The molecule has 0 spiro atoms. The summed E-state index contributed by atoms with van der Waals surface area (Å²) in [6.07, 6.45) is 12.8. The van der Waals surface area contributed by atoms with Crippen LogP contribution in [0.1, 0.15) is 46.0 Å². The maximum atomic E-state index is 3.71. The Morgan fingerprint density at radius 3 is 3.06 bits per heavy atom. The molecule has 0 aliphatic heterocycles. The standard InChI is InChI=1S/C15H25N/c1-4-7-14-10-13(3)8-6-9-15(11-14)12-16-5-2/h5,8,11,15-16H,2,4,6-7,9-10,12H2,1,3H3/b13-8-,14-11-. The molecule has 0 radical (unpaired) electrons. The first-order valence-corrected chi connectivity index (χ1v) is 6.45. The molecule has 1 nitrogen and oxygen atoms in total. The fraction of sp³-hybridized carbons (Fsp3) is 0.600. The van der Waals surface area contributed by atoms with Crippen LogP contribution in [0.3, 0.4) is 0 Å². The second-order valence-corrected chi connectivity index (χ2v) is 4.75. The van der Waals surface area contributed by atoms with E-state index in [1.54, 1.807) is 11.8 Å². The summed E-state index contributed by atoms with van der Waals surface area (Å²) >= 11 is 0. The molecule has 1 N–H and O–H groups in total. The molecular weight excluding hydrogens is 194 g/mol. The van der Waals surface area contributed by atoms with Gasteiger partial charge in [-0.1, -0.05) is 43.2 Å². The Morgan fingerprint density at radius 2 is 2.38 bits per heavy atom. The number of hydrogen-bond acceptors (Lipinski definition) is 1. The van der Waals surface area contributed by atoms with E-state index in [1.165, 1.54) is 37.7 Å². The summed E-state index contributed by atoms with van der Waals surface area (Å²) in [6.45, 7) is 9.26. The lowest BCUT2D eigenvalue weighted by Gasteiger charge is -2.18. The van der Waals surface area contributed by atoms with Gasteiger partial charge in [-0.25, -0.2) is 0 Å². The average Bonchev–Trinajstić information content (AvgIpc) is 2.23. The Morgan fingerprint density at radius 1 is 1.56 bits per heavy atom. The molecule has 0 fully saturated rings. The Hall–Kier alpha value is -0.980. The van der Waals surface area contributed by atoms with Crippen molar-refractivity contribution >= 4 is 0 Å². The van der Waals surface area contributed by atoms with Crippen molar-refractivity contribution in [1.82, 2.24) is 5.32 Å². The van der Waals surface area contributed by atoms with Gasteiger partial charge in [-0.3, -0.25) is 0 Å². The average molecular weight is 219 g/mol. The first kappa shape index (κ1) is 13.1. The third-order valence-electron chi connectivity index (χ3n) is 3.10. The van der Waals surface area contributed by atoms with Gasteiger partial charge in [0.1, 0.15) is 0 Å². The van der Waals surface area contributed by atoms with Crippen molar-refractivity contribution in [3.05, 3.63) is 36.1 Å². The molecule has 0 saturated carbocycles. The van der Waals surface area contributed by atoms with Gasteiger partial charge in [0.05, 0.1) is 0 Å². The minimum Gasteiger partial charge on any atom is -0.391 e. The van der Waals surface area contributed by atoms with Gasteiger partial charge >= 0.3 is 0 Å². The maximum absolute atomic E-state index is 3.71. The molecule has 0 saturated heterocycles. The molecule has 90 valence electrons. The molecule has 0 amide bonds. The van der Waals surface area contributed by atoms with Gasteiger partial charge in [-0.05, 0) is 44.7 Å². The molecule has 0 bridgehead atoms. The van der Waals surface area contributed by atoms with Crippen molar-refractivity contribution in [2.24, 2.45) is 5.92 Å². The first-order chi connectivity index (χ1) is 7.76.